The van der Waals surface area contributed by atoms with E-state index in [1.165, 1.54) is 0 Å². The van der Waals surface area contributed by atoms with Crippen LogP contribution in [0.25, 0.3) is 33.5 Å². The first-order valence-corrected chi connectivity index (χ1v) is 14.0. The Labute approximate surface area is 236 Å². The lowest BCUT2D eigenvalue weighted by molar-refractivity contribution is -0.0113. The van der Waals surface area contributed by atoms with E-state index in [1.54, 1.807) is 11.0 Å². The van der Waals surface area contributed by atoms with E-state index < -0.39 is 12.2 Å². The van der Waals surface area contributed by atoms with Gasteiger partial charge in [-0.2, -0.15) is 4.98 Å². The van der Waals surface area contributed by atoms with Gasteiger partial charge >= 0.3 is 0 Å². The van der Waals surface area contributed by atoms with Crippen LogP contribution >= 0.6 is 11.6 Å². The Kier molecular flexibility index (Phi) is 7.46. The highest BCUT2D eigenvalue weighted by Crippen LogP contribution is 2.32. The minimum atomic E-state index is -0.597. The number of nitrogens with zero attached hydrogens (tertiary/aromatic N) is 3. The van der Waals surface area contributed by atoms with Gasteiger partial charge in [0.15, 0.2) is 5.65 Å². The maximum Gasteiger partial charge on any atom is 0.296 e. The molecule has 3 heterocycles. The number of carbonyl (C=O) groups excluding carboxylic acids is 1. The van der Waals surface area contributed by atoms with E-state index in [0.29, 0.717) is 65.8 Å². The number of rotatable bonds is 6. The number of hydrogen-bond acceptors (Lipinski definition) is 7. The Balaban J connectivity index is 1.16. The quantitative estimate of drug-likeness (QED) is 0.279. The average Bonchev–Trinajstić information content (AvgIpc) is 3.57. The van der Waals surface area contributed by atoms with Gasteiger partial charge < -0.3 is 29.9 Å². The molecule has 4 N–H and O–H groups in total. The molecule has 4 aromatic rings. The Bertz CT molecular complexity index is 1510. The van der Waals surface area contributed by atoms with Crippen molar-refractivity contribution in [3.63, 3.8) is 0 Å². The van der Waals surface area contributed by atoms with Crippen molar-refractivity contribution in [2.24, 2.45) is 5.92 Å². The molecule has 2 fully saturated rings. The maximum absolute atomic E-state index is 12.7. The van der Waals surface area contributed by atoms with Gasteiger partial charge in [-0.25, -0.2) is 4.98 Å². The number of pyridine rings is 1. The van der Waals surface area contributed by atoms with Crippen LogP contribution in [0.1, 0.15) is 36.0 Å². The summed E-state index contributed by atoms with van der Waals surface area (Å²) in [6.07, 6.45) is 1.25. The van der Waals surface area contributed by atoms with Crippen LogP contribution in [0, 0.1) is 5.92 Å². The fraction of sp³-hybridized carbons (Fsp3) is 0.367. The molecule has 0 radical (unpaired) electrons. The fourth-order valence-corrected chi connectivity index (χ4v) is 5.80. The van der Waals surface area contributed by atoms with E-state index in [-0.39, 0.29) is 24.5 Å². The number of aliphatic hydroxyl groups is 3. The highest BCUT2D eigenvalue weighted by Gasteiger charge is 2.30. The Morgan fingerprint density at radius 3 is 2.35 bits per heavy atom. The molecule has 4 atom stereocenters. The molecule has 1 aliphatic carbocycles. The summed E-state index contributed by atoms with van der Waals surface area (Å²) in [5.41, 5.74) is 5.15. The highest BCUT2D eigenvalue weighted by molar-refractivity contribution is 6.33. The van der Waals surface area contributed by atoms with Crippen LogP contribution in [0.4, 0.5) is 0 Å². The van der Waals surface area contributed by atoms with Gasteiger partial charge in [0.25, 0.3) is 11.9 Å². The van der Waals surface area contributed by atoms with Crippen molar-refractivity contribution >= 4 is 28.7 Å². The van der Waals surface area contributed by atoms with Crippen LogP contribution in [0.2, 0.25) is 5.02 Å². The van der Waals surface area contributed by atoms with Crippen LogP contribution in [0.5, 0.6) is 6.01 Å². The minimum absolute atomic E-state index is 0.0245. The van der Waals surface area contributed by atoms with E-state index >= 15 is 0 Å². The second-order valence-corrected chi connectivity index (χ2v) is 11.1. The Morgan fingerprint density at radius 2 is 1.70 bits per heavy atom. The smallest absolute Gasteiger partial charge is 0.296 e. The molecule has 9 nitrogen and oxygen atoms in total. The van der Waals surface area contributed by atoms with Gasteiger partial charge in [0.2, 0.25) is 0 Å². The SMILES string of the molecule is O=C(c1ccc(-c2ccc(-c3nc4nc(O[C@H]5CC[C@H](CO)[C@@H](O)C5)[nH]c4cc3Cl)cc2)cc1)N1CC[C@@H](O)C1. The van der Waals surface area contributed by atoms with E-state index in [9.17, 15) is 20.1 Å². The molecule has 208 valence electrons. The maximum atomic E-state index is 12.7. The number of aliphatic hydroxyl groups excluding tert-OH is 3. The first-order chi connectivity index (χ1) is 19.4. The molecule has 6 rings (SSSR count). The number of halogens is 1. The van der Waals surface area contributed by atoms with Crippen molar-refractivity contribution in [2.75, 3.05) is 19.7 Å². The molecule has 0 unspecified atom stereocenters. The molecule has 1 saturated carbocycles. The van der Waals surface area contributed by atoms with Gasteiger partial charge in [-0.1, -0.05) is 48.0 Å². The van der Waals surface area contributed by atoms with Crippen LogP contribution < -0.4 is 4.74 Å². The Morgan fingerprint density at radius 1 is 1.00 bits per heavy atom. The molecule has 1 amide bonds. The van der Waals surface area contributed by atoms with Gasteiger partial charge in [-0.15, -0.1) is 0 Å². The molecular formula is C30H31ClN4O5. The molecular weight excluding hydrogens is 532 g/mol. The molecule has 10 heteroatoms. The number of aromatic nitrogens is 3. The molecule has 0 bridgehead atoms. The van der Waals surface area contributed by atoms with Crippen LogP contribution in [-0.4, -0.2) is 79.1 Å². The summed E-state index contributed by atoms with van der Waals surface area (Å²) < 4.78 is 5.98. The standard InChI is InChI=1S/C30H31ClN4O5/c31-24-14-25-28(34-30(32-25)40-23-10-9-21(16-36)26(38)13-23)33-27(24)19-5-1-17(2-6-19)18-3-7-20(8-4-18)29(39)35-12-11-22(37)15-35/h1-8,14,21-23,26,36-38H,9-13,15-16H2,(H,32,33,34)/t21-,22-,23+,26+/m1/s1. The third-order valence-electron chi connectivity index (χ3n) is 7.90. The zero-order valence-corrected chi connectivity index (χ0v) is 22.6. The topological polar surface area (TPSA) is 132 Å². The van der Waals surface area contributed by atoms with Crippen molar-refractivity contribution in [2.45, 2.75) is 44.0 Å². The zero-order valence-electron chi connectivity index (χ0n) is 21.8. The largest absolute Gasteiger partial charge is 0.461 e. The predicted octanol–water partition coefficient (Wildman–Crippen LogP) is 4.05. The minimum Gasteiger partial charge on any atom is -0.461 e. The van der Waals surface area contributed by atoms with Gasteiger partial charge in [-0.3, -0.25) is 4.79 Å². The third kappa shape index (κ3) is 5.42. The summed E-state index contributed by atoms with van der Waals surface area (Å²) in [6.45, 7) is 0.936. The third-order valence-corrected chi connectivity index (χ3v) is 8.19. The molecule has 2 aliphatic rings. The number of imidazole rings is 1. The number of likely N-dealkylation sites (tertiary alicyclic amines) is 1. The molecule has 40 heavy (non-hydrogen) atoms. The van der Waals surface area contributed by atoms with Crippen LogP contribution in [0.3, 0.4) is 0 Å². The van der Waals surface area contributed by atoms with Crippen molar-refractivity contribution in [3.05, 3.63) is 65.2 Å². The van der Waals surface area contributed by atoms with Crippen molar-refractivity contribution in [1.82, 2.24) is 19.9 Å². The number of amides is 1. The molecule has 1 aliphatic heterocycles. The number of ether oxygens (including phenoxy) is 1. The van der Waals surface area contributed by atoms with E-state index in [0.717, 1.165) is 23.1 Å². The summed E-state index contributed by atoms with van der Waals surface area (Å²) in [6, 6.07) is 17.5. The normalized spacial score (nSPS) is 23.1. The number of benzene rings is 2. The van der Waals surface area contributed by atoms with E-state index in [4.69, 9.17) is 16.3 Å². The van der Waals surface area contributed by atoms with E-state index in [2.05, 4.69) is 15.0 Å². The van der Waals surface area contributed by atoms with Crippen LogP contribution in [0.15, 0.2) is 54.6 Å². The predicted molar refractivity (Wildman–Crippen MR) is 151 cm³/mol. The van der Waals surface area contributed by atoms with Gasteiger partial charge in [-0.05, 0) is 48.6 Å². The number of hydrogen-bond donors (Lipinski definition) is 4. The van der Waals surface area contributed by atoms with E-state index in [1.807, 2.05) is 48.5 Å². The fourth-order valence-electron chi connectivity index (χ4n) is 5.54. The molecule has 1 saturated heterocycles. The Hall–Kier alpha value is -3.50. The van der Waals surface area contributed by atoms with Gasteiger partial charge in [0.1, 0.15) is 6.10 Å². The summed E-state index contributed by atoms with van der Waals surface area (Å²) in [5.74, 6) is -0.169. The first-order valence-electron chi connectivity index (χ1n) is 13.6. The second kappa shape index (κ2) is 11.2. The molecule has 0 spiro atoms. The lowest BCUT2D eigenvalue weighted by Gasteiger charge is -2.31. The number of aromatic amines is 1. The number of carbonyl (C=O) groups is 1. The second-order valence-electron chi connectivity index (χ2n) is 10.6. The van der Waals surface area contributed by atoms with Crippen molar-refractivity contribution in [3.8, 4) is 28.4 Å². The first kappa shape index (κ1) is 26.7. The summed E-state index contributed by atoms with van der Waals surface area (Å²) in [4.78, 5) is 26.6. The summed E-state index contributed by atoms with van der Waals surface area (Å²) in [5, 5.41) is 29.8. The average molecular weight is 563 g/mol. The summed E-state index contributed by atoms with van der Waals surface area (Å²) in [7, 11) is 0. The monoisotopic (exact) mass is 562 g/mol. The van der Waals surface area contributed by atoms with Gasteiger partial charge in [0.05, 0.1) is 28.4 Å². The number of fused-ring (bicyclic) bond motifs is 1. The zero-order chi connectivity index (χ0) is 27.8. The molecule has 2 aromatic heterocycles. The number of β-amino-alcohol motifs (C(OH)–C–C–N with tert-alkyl or cyclic N) is 1. The van der Waals surface area contributed by atoms with Crippen molar-refractivity contribution in [1.29, 1.82) is 0 Å². The van der Waals surface area contributed by atoms with Crippen molar-refractivity contribution < 1.29 is 24.9 Å². The van der Waals surface area contributed by atoms with Gasteiger partial charge in [0, 0.05) is 43.2 Å². The molecule has 2 aromatic carbocycles. The lowest BCUT2D eigenvalue weighted by Crippen LogP contribution is -2.36. The summed E-state index contributed by atoms with van der Waals surface area (Å²) >= 11 is 6.60. The van der Waals surface area contributed by atoms with Crippen LogP contribution in [-0.2, 0) is 0 Å². The highest BCUT2D eigenvalue weighted by atomic mass is 35.5. The number of nitrogens with one attached hydrogen (secondary N) is 1. The lowest BCUT2D eigenvalue weighted by atomic mass is 9.85. The number of H-pyrrole nitrogens is 1.